The molecule has 0 aliphatic carbocycles. The molecule has 2 aromatic heterocycles. The van der Waals surface area contributed by atoms with Gasteiger partial charge in [-0.15, -0.1) is 0 Å². The number of hydrogen-bond acceptors (Lipinski definition) is 8. The van der Waals surface area contributed by atoms with Crippen LogP contribution in [0.3, 0.4) is 0 Å². The molecule has 0 bridgehead atoms. The molecular weight excluding hydrogens is 444 g/mol. The van der Waals surface area contributed by atoms with Crippen LogP contribution in [0.4, 0.5) is 23.0 Å². The Morgan fingerprint density at radius 3 is 2.60 bits per heavy atom. The van der Waals surface area contributed by atoms with E-state index in [-0.39, 0.29) is 11.3 Å². The zero-order valence-corrected chi connectivity index (χ0v) is 18.9. The molecule has 1 saturated heterocycles. The van der Waals surface area contributed by atoms with Crippen LogP contribution in [0, 0.1) is 0 Å². The molecule has 176 valence electrons. The van der Waals surface area contributed by atoms with E-state index in [0.717, 1.165) is 31.9 Å². The zero-order chi connectivity index (χ0) is 24.2. The Hall–Kier alpha value is -4.57. The van der Waals surface area contributed by atoms with Gasteiger partial charge in [-0.25, -0.2) is 4.98 Å². The molecule has 1 aliphatic rings. The Morgan fingerprint density at radius 1 is 1.03 bits per heavy atom. The minimum Gasteiger partial charge on any atom is -0.369 e. The van der Waals surface area contributed by atoms with Gasteiger partial charge in [0.25, 0.3) is 5.56 Å². The van der Waals surface area contributed by atoms with Gasteiger partial charge in [-0.1, -0.05) is 12.6 Å². The Labute approximate surface area is 201 Å². The molecule has 0 unspecified atom stereocenters. The molecule has 0 atom stereocenters. The number of nitrogens with zero attached hydrogens (tertiary/aromatic N) is 5. The van der Waals surface area contributed by atoms with Crippen LogP contribution in [0.1, 0.15) is 0 Å². The molecule has 0 radical (unpaired) electrons. The number of anilines is 4. The summed E-state index contributed by atoms with van der Waals surface area (Å²) in [5, 5.41) is 9.58. The molecule has 2 aromatic carbocycles. The molecule has 1 aliphatic heterocycles. The van der Waals surface area contributed by atoms with Gasteiger partial charge in [0.05, 0.1) is 5.69 Å². The fourth-order valence-electron chi connectivity index (χ4n) is 3.93. The topological polar surface area (TPSA) is 117 Å². The lowest BCUT2D eigenvalue weighted by Gasteiger charge is -2.29. The lowest BCUT2D eigenvalue weighted by Crippen LogP contribution is -2.43. The van der Waals surface area contributed by atoms with Crippen LogP contribution in [0.15, 0.2) is 78.5 Å². The van der Waals surface area contributed by atoms with E-state index in [9.17, 15) is 9.59 Å². The minimum absolute atomic E-state index is 0.285. The average molecular weight is 469 g/mol. The van der Waals surface area contributed by atoms with Gasteiger partial charge < -0.3 is 20.9 Å². The Balaban J connectivity index is 1.45. The highest BCUT2D eigenvalue weighted by Crippen LogP contribution is 2.22. The number of benzene rings is 2. The van der Waals surface area contributed by atoms with E-state index in [0.29, 0.717) is 23.0 Å². The summed E-state index contributed by atoms with van der Waals surface area (Å²) in [6.45, 7) is 7.38. The van der Waals surface area contributed by atoms with Crippen LogP contribution in [0.2, 0.25) is 0 Å². The van der Waals surface area contributed by atoms with Crippen molar-refractivity contribution < 1.29 is 4.79 Å². The number of rotatable bonds is 6. The summed E-state index contributed by atoms with van der Waals surface area (Å²) in [6, 6.07) is 15.2. The SMILES string of the molecule is C=CC(=O)Nc1cccc(-n2cnc(=O)c3cnc(Nc4ccc(N5CCNCC5)cc4)nc32)c1. The van der Waals surface area contributed by atoms with Crippen LogP contribution in [-0.4, -0.2) is 51.6 Å². The van der Waals surface area contributed by atoms with E-state index in [1.165, 1.54) is 24.3 Å². The summed E-state index contributed by atoms with van der Waals surface area (Å²) in [7, 11) is 0. The van der Waals surface area contributed by atoms with E-state index < -0.39 is 5.56 Å². The quantitative estimate of drug-likeness (QED) is 0.370. The molecule has 0 saturated carbocycles. The Morgan fingerprint density at radius 2 is 1.83 bits per heavy atom. The van der Waals surface area contributed by atoms with Crippen LogP contribution in [0.25, 0.3) is 16.7 Å². The van der Waals surface area contributed by atoms with Gasteiger partial charge in [0.2, 0.25) is 11.9 Å². The third kappa shape index (κ3) is 4.87. The summed E-state index contributed by atoms with van der Waals surface area (Å²) in [5.74, 6) is 0.0321. The second-order valence-corrected chi connectivity index (χ2v) is 8.00. The highest BCUT2D eigenvalue weighted by atomic mass is 16.1. The number of carbonyl (C=O) groups is 1. The van der Waals surface area contributed by atoms with Crippen LogP contribution >= 0.6 is 0 Å². The molecule has 35 heavy (non-hydrogen) atoms. The van der Waals surface area contributed by atoms with Crippen molar-refractivity contribution in [2.75, 3.05) is 41.7 Å². The summed E-state index contributed by atoms with van der Waals surface area (Å²) in [6.07, 6.45) is 4.08. The number of hydrogen-bond donors (Lipinski definition) is 3. The molecule has 10 heteroatoms. The van der Waals surface area contributed by atoms with Gasteiger partial charge >= 0.3 is 0 Å². The second kappa shape index (κ2) is 9.74. The minimum atomic E-state index is -0.417. The normalized spacial score (nSPS) is 13.4. The zero-order valence-electron chi connectivity index (χ0n) is 18.9. The van der Waals surface area contributed by atoms with E-state index in [4.69, 9.17) is 0 Å². The fraction of sp³-hybridized carbons (Fsp3) is 0.160. The molecule has 5 rings (SSSR count). The third-order valence-electron chi connectivity index (χ3n) is 5.70. The molecule has 1 amide bonds. The monoisotopic (exact) mass is 468 g/mol. The molecular formula is C25H24N8O2. The lowest BCUT2D eigenvalue weighted by atomic mass is 10.2. The molecule has 4 aromatic rings. The number of piperazine rings is 1. The summed E-state index contributed by atoms with van der Waals surface area (Å²) < 4.78 is 1.68. The standard InChI is InChI=1S/C25H24N8O2/c1-2-22(34)29-18-4-3-5-20(14-18)33-16-28-24(35)21-15-27-25(31-23(21)33)30-17-6-8-19(9-7-17)32-12-10-26-11-13-32/h2-9,14-16,26H,1,10-13H2,(H,29,34)(H,27,30,31). The summed E-state index contributed by atoms with van der Waals surface area (Å²) >= 11 is 0. The number of nitrogens with one attached hydrogen (secondary N) is 3. The van der Waals surface area contributed by atoms with Gasteiger partial charge in [0.1, 0.15) is 11.7 Å². The van der Waals surface area contributed by atoms with E-state index in [2.05, 4.69) is 54.5 Å². The smallest absolute Gasteiger partial charge is 0.283 e. The van der Waals surface area contributed by atoms with Gasteiger partial charge in [0.15, 0.2) is 5.65 Å². The van der Waals surface area contributed by atoms with Crippen molar-refractivity contribution in [3.8, 4) is 5.69 Å². The van der Waals surface area contributed by atoms with Gasteiger partial charge in [-0.3, -0.25) is 14.2 Å². The van der Waals surface area contributed by atoms with Crippen molar-refractivity contribution in [1.29, 1.82) is 0 Å². The molecule has 10 nitrogen and oxygen atoms in total. The first kappa shape index (κ1) is 22.2. The Kier molecular flexibility index (Phi) is 6.18. The molecule has 3 N–H and O–H groups in total. The molecule has 1 fully saturated rings. The lowest BCUT2D eigenvalue weighted by molar-refractivity contribution is -0.111. The van der Waals surface area contributed by atoms with Crippen LogP contribution in [-0.2, 0) is 4.79 Å². The van der Waals surface area contributed by atoms with E-state index in [1.54, 1.807) is 22.8 Å². The van der Waals surface area contributed by atoms with Crippen molar-refractivity contribution in [1.82, 2.24) is 24.8 Å². The van der Waals surface area contributed by atoms with Crippen molar-refractivity contribution in [3.05, 3.63) is 84.1 Å². The first-order valence-electron chi connectivity index (χ1n) is 11.2. The predicted molar refractivity (Wildman–Crippen MR) is 137 cm³/mol. The van der Waals surface area contributed by atoms with Crippen molar-refractivity contribution >= 4 is 40.0 Å². The maximum absolute atomic E-state index is 12.4. The third-order valence-corrected chi connectivity index (χ3v) is 5.70. The first-order valence-corrected chi connectivity index (χ1v) is 11.2. The van der Waals surface area contributed by atoms with Crippen molar-refractivity contribution in [2.24, 2.45) is 0 Å². The number of fused-ring (bicyclic) bond motifs is 1. The number of aromatic nitrogens is 4. The van der Waals surface area contributed by atoms with E-state index >= 15 is 0 Å². The predicted octanol–water partition coefficient (Wildman–Crippen LogP) is 2.45. The van der Waals surface area contributed by atoms with Crippen LogP contribution < -0.4 is 26.4 Å². The first-order chi connectivity index (χ1) is 17.1. The second-order valence-electron chi connectivity index (χ2n) is 8.00. The highest BCUT2D eigenvalue weighted by molar-refractivity contribution is 5.99. The average Bonchev–Trinajstić information content (AvgIpc) is 2.90. The van der Waals surface area contributed by atoms with Crippen LogP contribution in [0.5, 0.6) is 0 Å². The maximum atomic E-state index is 12.4. The van der Waals surface area contributed by atoms with Crippen molar-refractivity contribution in [3.63, 3.8) is 0 Å². The van der Waals surface area contributed by atoms with Gasteiger partial charge in [0, 0.05) is 49.4 Å². The molecule has 3 heterocycles. The number of carbonyl (C=O) groups excluding carboxylic acids is 1. The summed E-state index contributed by atoms with van der Waals surface area (Å²) in [5.41, 5.74) is 3.23. The van der Waals surface area contributed by atoms with Gasteiger partial charge in [-0.05, 0) is 48.5 Å². The van der Waals surface area contributed by atoms with Crippen molar-refractivity contribution in [2.45, 2.75) is 0 Å². The van der Waals surface area contributed by atoms with Gasteiger partial charge in [-0.2, -0.15) is 9.97 Å². The highest BCUT2D eigenvalue weighted by Gasteiger charge is 2.12. The number of amides is 1. The fourth-order valence-corrected chi connectivity index (χ4v) is 3.93. The Bertz CT molecular complexity index is 1440. The summed E-state index contributed by atoms with van der Waals surface area (Å²) in [4.78, 5) is 39.3. The maximum Gasteiger partial charge on any atom is 0.283 e. The molecule has 0 spiro atoms. The largest absolute Gasteiger partial charge is 0.369 e. The van der Waals surface area contributed by atoms with E-state index in [1.807, 2.05) is 18.2 Å².